The zero-order valence-corrected chi connectivity index (χ0v) is 11.2. The average molecular weight is 220 g/mol. The minimum absolute atomic E-state index is 0.244. The second-order valence-electron chi connectivity index (χ2n) is 5.79. The van der Waals surface area contributed by atoms with Crippen molar-refractivity contribution in [1.29, 1.82) is 0 Å². The smallest absolute Gasteiger partial charge is 0.129 e. The summed E-state index contributed by atoms with van der Waals surface area (Å²) >= 11 is 0. The van der Waals surface area contributed by atoms with Gasteiger partial charge in [0.25, 0.3) is 0 Å². The van der Waals surface area contributed by atoms with Gasteiger partial charge in [-0.2, -0.15) is 0 Å². The van der Waals surface area contributed by atoms with Gasteiger partial charge in [0.05, 0.1) is 0 Å². The fraction of sp³-hybridized carbons (Fsp3) is 0.667. The highest BCUT2D eigenvalue weighted by Crippen LogP contribution is 2.44. The van der Waals surface area contributed by atoms with Crippen LogP contribution < -0.4 is 0 Å². The van der Waals surface area contributed by atoms with Gasteiger partial charge in [0.1, 0.15) is 6.29 Å². The van der Waals surface area contributed by atoms with Crippen molar-refractivity contribution in [3.05, 3.63) is 23.8 Å². The highest BCUT2D eigenvalue weighted by molar-refractivity contribution is 5.61. The maximum Gasteiger partial charge on any atom is 0.129 e. The first-order chi connectivity index (χ1) is 7.35. The van der Waals surface area contributed by atoms with E-state index in [1.54, 1.807) is 0 Å². The molecule has 0 aromatic rings. The maximum absolute atomic E-state index is 11.0. The number of carbonyl (C=O) groups excluding carboxylic acids is 1. The minimum Gasteiger partial charge on any atom is -0.302 e. The van der Waals surface area contributed by atoms with Crippen molar-refractivity contribution in [3.8, 4) is 0 Å². The third-order valence-electron chi connectivity index (χ3n) is 4.36. The lowest BCUT2D eigenvalue weighted by molar-refractivity contribution is -0.113. The van der Waals surface area contributed by atoms with Crippen LogP contribution in [0.3, 0.4) is 0 Å². The number of hydrogen-bond acceptors (Lipinski definition) is 1. The molecule has 2 unspecified atom stereocenters. The van der Waals surface area contributed by atoms with E-state index in [0.29, 0.717) is 5.92 Å². The van der Waals surface area contributed by atoms with Crippen LogP contribution in [0.25, 0.3) is 0 Å². The standard InChI is InChI=1S/C15H24O/c1-6-15(5,11-16)10-9-13-8-7-12(2)14(13,3)4/h7,9-11,13H,6,8H2,1-5H3. The maximum atomic E-state index is 11.0. The van der Waals surface area contributed by atoms with Crippen LogP contribution in [0.4, 0.5) is 0 Å². The molecule has 16 heavy (non-hydrogen) atoms. The van der Waals surface area contributed by atoms with E-state index in [2.05, 4.69) is 45.9 Å². The fourth-order valence-electron chi connectivity index (χ4n) is 2.05. The summed E-state index contributed by atoms with van der Waals surface area (Å²) in [6, 6.07) is 0. The van der Waals surface area contributed by atoms with Crippen molar-refractivity contribution in [1.82, 2.24) is 0 Å². The van der Waals surface area contributed by atoms with Crippen molar-refractivity contribution in [3.63, 3.8) is 0 Å². The second-order valence-corrected chi connectivity index (χ2v) is 5.79. The van der Waals surface area contributed by atoms with E-state index in [-0.39, 0.29) is 10.8 Å². The SMILES string of the molecule is CCC(C)(C=O)C=CC1CC=C(C)C1(C)C. The molecule has 0 aromatic carbocycles. The van der Waals surface area contributed by atoms with Crippen LogP contribution in [0, 0.1) is 16.7 Å². The molecule has 0 bridgehead atoms. The van der Waals surface area contributed by atoms with Crippen LogP contribution in [-0.2, 0) is 4.79 Å². The predicted octanol–water partition coefficient (Wildman–Crippen LogP) is 4.15. The Morgan fingerprint density at radius 3 is 2.56 bits per heavy atom. The molecule has 0 radical (unpaired) electrons. The molecule has 2 atom stereocenters. The number of allylic oxidation sites excluding steroid dienone is 4. The van der Waals surface area contributed by atoms with E-state index in [1.165, 1.54) is 5.57 Å². The third kappa shape index (κ3) is 2.45. The summed E-state index contributed by atoms with van der Waals surface area (Å²) in [5.41, 5.74) is 1.42. The molecule has 1 nitrogen and oxygen atoms in total. The minimum atomic E-state index is -0.285. The van der Waals surface area contributed by atoms with Crippen LogP contribution in [0.2, 0.25) is 0 Å². The van der Waals surface area contributed by atoms with Crippen molar-refractivity contribution in [2.45, 2.75) is 47.5 Å². The number of hydrogen-bond donors (Lipinski definition) is 0. The topological polar surface area (TPSA) is 17.1 Å². The summed E-state index contributed by atoms with van der Waals surface area (Å²) in [6.45, 7) is 10.8. The van der Waals surface area contributed by atoms with Gasteiger partial charge in [-0.1, -0.05) is 44.6 Å². The van der Waals surface area contributed by atoms with E-state index in [9.17, 15) is 4.79 Å². The largest absolute Gasteiger partial charge is 0.302 e. The van der Waals surface area contributed by atoms with E-state index < -0.39 is 0 Å². The molecule has 1 rings (SSSR count). The summed E-state index contributed by atoms with van der Waals surface area (Å²) in [4.78, 5) is 11.0. The molecule has 0 fully saturated rings. The highest BCUT2D eigenvalue weighted by Gasteiger charge is 2.33. The Bertz CT molecular complexity index is 322. The molecule has 1 aliphatic carbocycles. The zero-order chi connectivity index (χ0) is 12.4. The molecule has 0 heterocycles. The van der Waals surface area contributed by atoms with Crippen molar-refractivity contribution in [2.24, 2.45) is 16.7 Å². The molecule has 0 N–H and O–H groups in total. The predicted molar refractivity (Wildman–Crippen MR) is 69.2 cm³/mol. The molecule has 1 heteroatoms. The average Bonchev–Trinajstić information content (AvgIpc) is 2.51. The summed E-state index contributed by atoms with van der Waals surface area (Å²) in [7, 11) is 0. The van der Waals surface area contributed by atoms with E-state index in [1.807, 2.05) is 6.92 Å². The van der Waals surface area contributed by atoms with Crippen LogP contribution in [-0.4, -0.2) is 6.29 Å². The number of carbonyl (C=O) groups is 1. The normalized spacial score (nSPS) is 27.8. The van der Waals surface area contributed by atoms with Gasteiger partial charge in [0, 0.05) is 5.41 Å². The van der Waals surface area contributed by atoms with Gasteiger partial charge in [-0.25, -0.2) is 0 Å². The Labute approximate surface area is 99.6 Å². The number of rotatable bonds is 4. The quantitative estimate of drug-likeness (QED) is 0.514. The van der Waals surface area contributed by atoms with Gasteiger partial charge in [0.15, 0.2) is 0 Å². The van der Waals surface area contributed by atoms with Crippen LogP contribution in [0.1, 0.15) is 47.5 Å². The highest BCUT2D eigenvalue weighted by atomic mass is 16.1. The van der Waals surface area contributed by atoms with Gasteiger partial charge in [-0.05, 0) is 38.0 Å². The Kier molecular flexibility index (Phi) is 3.77. The summed E-state index contributed by atoms with van der Waals surface area (Å²) < 4.78 is 0. The van der Waals surface area contributed by atoms with Gasteiger partial charge >= 0.3 is 0 Å². The first-order valence-electron chi connectivity index (χ1n) is 6.18. The zero-order valence-electron chi connectivity index (χ0n) is 11.2. The molecule has 0 spiro atoms. The Morgan fingerprint density at radius 2 is 2.19 bits per heavy atom. The summed E-state index contributed by atoms with van der Waals surface area (Å²) in [5.74, 6) is 0.540. The molecule has 0 saturated carbocycles. The van der Waals surface area contributed by atoms with Gasteiger partial charge in [0.2, 0.25) is 0 Å². The van der Waals surface area contributed by atoms with E-state index in [4.69, 9.17) is 0 Å². The molecule has 0 aromatic heterocycles. The molecule has 0 aliphatic heterocycles. The van der Waals surface area contributed by atoms with E-state index >= 15 is 0 Å². The van der Waals surface area contributed by atoms with Gasteiger partial charge < -0.3 is 4.79 Å². The Balaban J connectivity index is 2.77. The number of aldehydes is 1. The fourth-order valence-corrected chi connectivity index (χ4v) is 2.05. The summed E-state index contributed by atoms with van der Waals surface area (Å²) in [5, 5.41) is 0. The van der Waals surface area contributed by atoms with Gasteiger partial charge in [-0.15, -0.1) is 0 Å². The lowest BCUT2D eigenvalue weighted by Crippen LogP contribution is -2.20. The van der Waals surface area contributed by atoms with Gasteiger partial charge in [-0.3, -0.25) is 0 Å². The molecular weight excluding hydrogens is 196 g/mol. The molecule has 1 aliphatic rings. The molecule has 0 saturated heterocycles. The molecule has 90 valence electrons. The van der Waals surface area contributed by atoms with Crippen LogP contribution >= 0.6 is 0 Å². The van der Waals surface area contributed by atoms with E-state index in [0.717, 1.165) is 19.1 Å². The van der Waals surface area contributed by atoms with Crippen LogP contribution in [0.5, 0.6) is 0 Å². The lowest BCUT2D eigenvalue weighted by atomic mass is 9.76. The van der Waals surface area contributed by atoms with Crippen molar-refractivity contribution >= 4 is 6.29 Å². The monoisotopic (exact) mass is 220 g/mol. The lowest BCUT2D eigenvalue weighted by Gasteiger charge is -2.28. The molecular formula is C15H24O. The first kappa shape index (κ1) is 13.2. The third-order valence-corrected chi connectivity index (χ3v) is 4.36. The van der Waals surface area contributed by atoms with Crippen molar-refractivity contribution in [2.75, 3.05) is 0 Å². The second kappa shape index (κ2) is 4.57. The Hall–Kier alpha value is -0.850. The molecule has 0 amide bonds. The first-order valence-corrected chi connectivity index (χ1v) is 6.18. The van der Waals surface area contributed by atoms with Crippen molar-refractivity contribution < 1.29 is 4.79 Å². The summed E-state index contributed by atoms with van der Waals surface area (Å²) in [6.07, 6.45) is 9.69. The Morgan fingerprint density at radius 1 is 1.56 bits per heavy atom. The van der Waals surface area contributed by atoms with Crippen LogP contribution in [0.15, 0.2) is 23.8 Å².